The van der Waals surface area contributed by atoms with Crippen LogP contribution in [0.3, 0.4) is 0 Å². The van der Waals surface area contributed by atoms with Gasteiger partial charge >= 0.3 is 6.18 Å². The van der Waals surface area contributed by atoms with E-state index in [0.29, 0.717) is 5.56 Å². The molecule has 0 fully saturated rings. The van der Waals surface area contributed by atoms with E-state index in [-0.39, 0.29) is 49.2 Å². The summed E-state index contributed by atoms with van der Waals surface area (Å²) >= 11 is 0.897. The molecule has 4 rings (SSSR count). The first kappa shape index (κ1) is 25.3. The summed E-state index contributed by atoms with van der Waals surface area (Å²) in [6, 6.07) is 10.7. The van der Waals surface area contributed by atoms with Crippen molar-refractivity contribution in [1.82, 2.24) is 4.98 Å². The number of hydrogen-bond acceptors (Lipinski definition) is 8. The molecular formula is C24H17F3N6O3S. The number of alkyl halides is 3. The number of nitrogens with zero attached hydrogens (tertiary/aromatic N) is 2. The van der Waals surface area contributed by atoms with Crippen LogP contribution in [0.4, 0.5) is 30.4 Å². The van der Waals surface area contributed by atoms with Crippen LogP contribution in [0.5, 0.6) is 5.75 Å². The summed E-state index contributed by atoms with van der Waals surface area (Å²) in [6.07, 6.45) is -4.75. The highest BCUT2D eigenvalue weighted by molar-refractivity contribution is 7.21. The SMILES string of the molecule is COc1ccc(-c2c(C#N)c(N)nc3sc(C(N)=O)c(N)c23)cc1NC(=O)c1ccccc1C(F)(F)F. The lowest BCUT2D eigenvalue weighted by Crippen LogP contribution is -2.19. The van der Waals surface area contributed by atoms with Crippen molar-refractivity contribution in [3.63, 3.8) is 0 Å². The average Bonchev–Trinajstić information content (AvgIpc) is 3.18. The van der Waals surface area contributed by atoms with E-state index in [0.717, 1.165) is 23.5 Å². The predicted octanol–water partition coefficient (Wildman–Crippen LogP) is 4.38. The van der Waals surface area contributed by atoms with Crippen molar-refractivity contribution < 1.29 is 27.5 Å². The van der Waals surface area contributed by atoms with Crippen LogP contribution in [0.25, 0.3) is 21.3 Å². The third-order valence-corrected chi connectivity index (χ3v) is 6.57. The molecule has 37 heavy (non-hydrogen) atoms. The third kappa shape index (κ3) is 4.45. The quantitative estimate of drug-likeness (QED) is 0.299. The van der Waals surface area contributed by atoms with E-state index in [1.165, 1.54) is 37.4 Å². The Kier molecular flexibility index (Phi) is 6.37. The van der Waals surface area contributed by atoms with Gasteiger partial charge in [0.2, 0.25) is 0 Å². The van der Waals surface area contributed by atoms with Crippen molar-refractivity contribution in [3.05, 3.63) is 64.0 Å². The van der Waals surface area contributed by atoms with Crippen LogP contribution in [0.2, 0.25) is 0 Å². The fourth-order valence-corrected chi connectivity index (χ4v) is 4.80. The first-order valence-corrected chi connectivity index (χ1v) is 11.2. The number of carbonyl (C=O) groups is 2. The number of nitrogen functional groups attached to an aromatic ring is 2. The Hall–Kier alpha value is -4.83. The minimum Gasteiger partial charge on any atom is -0.495 e. The second-order valence-electron chi connectivity index (χ2n) is 7.66. The minimum absolute atomic E-state index is 0.00740. The van der Waals surface area contributed by atoms with Crippen LogP contribution in [-0.2, 0) is 6.18 Å². The summed E-state index contributed by atoms with van der Waals surface area (Å²) in [5.41, 5.74) is 16.3. The molecule has 2 aromatic carbocycles. The van der Waals surface area contributed by atoms with E-state index in [1.807, 2.05) is 6.07 Å². The molecular weight excluding hydrogens is 509 g/mol. The molecule has 13 heteroatoms. The molecule has 0 atom stereocenters. The molecule has 0 saturated heterocycles. The summed E-state index contributed by atoms with van der Waals surface area (Å²) in [4.78, 5) is 29.2. The molecule has 2 aromatic heterocycles. The normalized spacial score (nSPS) is 11.2. The van der Waals surface area contributed by atoms with Crippen LogP contribution in [0.1, 0.15) is 31.2 Å². The van der Waals surface area contributed by atoms with Crippen LogP contribution in [0.15, 0.2) is 42.5 Å². The van der Waals surface area contributed by atoms with Crippen molar-refractivity contribution in [2.24, 2.45) is 5.73 Å². The molecule has 0 radical (unpaired) electrons. The van der Waals surface area contributed by atoms with E-state index in [4.69, 9.17) is 21.9 Å². The van der Waals surface area contributed by atoms with Gasteiger partial charge in [0.15, 0.2) is 0 Å². The van der Waals surface area contributed by atoms with Crippen LogP contribution in [-0.4, -0.2) is 23.9 Å². The Morgan fingerprint density at radius 2 is 1.86 bits per heavy atom. The molecule has 0 aliphatic carbocycles. The third-order valence-electron chi connectivity index (χ3n) is 5.45. The summed E-state index contributed by atoms with van der Waals surface area (Å²) in [5, 5.41) is 12.5. The largest absolute Gasteiger partial charge is 0.495 e. The number of nitrogens with two attached hydrogens (primary N) is 3. The number of amides is 2. The second kappa shape index (κ2) is 9.32. The zero-order valence-electron chi connectivity index (χ0n) is 18.9. The molecule has 4 aromatic rings. The summed E-state index contributed by atoms with van der Waals surface area (Å²) in [7, 11) is 1.31. The number of aromatic nitrogens is 1. The lowest BCUT2D eigenvalue weighted by Gasteiger charge is -2.16. The predicted molar refractivity (Wildman–Crippen MR) is 133 cm³/mol. The molecule has 0 saturated carbocycles. The van der Waals surface area contributed by atoms with E-state index >= 15 is 0 Å². The van der Waals surface area contributed by atoms with Crippen molar-refractivity contribution in [1.29, 1.82) is 5.26 Å². The molecule has 0 spiro atoms. The Morgan fingerprint density at radius 3 is 2.49 bits per heavy atom. The molecule has 0 aliphatic heterocycles. The first-order valence-electron chi connectivity index (χ1n) is 10.3. The van der Waals surface area contributed by atoms with Gasteiger partial charge in [0.25, 0.3) is 11.8 Å². The number of benzene rings is 2. The molecule has 2 amide bonds. The van der Waals surface area contributed by atoms with Crippen molar-refractivity contribution in [3.8, 4) is 22.9 Å². The lowest BCUT2D eigenvalue weighted by atomic mass is 9.96. The zero-order chi connectivity index (χ0) is 27.1. The van der Waals surface area contributed by atoms with Crippen LogP contribution >= 0.6 is 11.3 Å². The van der Waals surface area contributed by atoms with Gasteiger partial charge in [-0.15, -0.1) is 11.3 Å². The van der Waals surface area contributed by atoms with Crippen LogP contribution in [0, 0.1) is 11.3 Å². The Labute approximate surface area is 211 Å². The van der Waals surface area contributed by atoms with Gasteiger partial charge in [-0.3, -0.25) is 9.59 Å². The molecule has 188 valence electrons. The number of thiophene rings is 1. The number of halogens is 3. The van der Waals surface area contributed by atoms with Gasteiger partial charge in [0.1, 0.15) is 32.9 Å². The molecule has 7 N–H and O–H groups in total. The highest BCUT2D eigenvalue weighted by Crippen LogP contribution is 2.44. The number of ether oxygens (including phenoxy) is 1. The molecule has 0 unspecified atom stereocenters. The smallest absolute Gasteiger partial charge is 0.417 e. The van der Waals surface area contributed by atoms with Gasteiger partial charge in [-0.2, -0.15) is 18.4 Å². The summed E-state index contributed by atoms with van der Waals surface area (Å²) in [6.45, 7) is 0. The Morgan fingerprint density at radius 1 is 1.16 bits per heavy atom. The number of nitriles is 1. The van der Waals surface area contributed by atoms with Crippen molar-refractivity contribution in [2.45, 2.75) is 6.18 Å². The monoisotopic (exact) mass is 526 g/mol. The highest BCUT2D eigenvalue weighted by Gasteiger charge is 2.35. The maximum Gasteiger partial charge on any atom is 0.417 e. The standard InChI is InChI=1S/C24H17F3N6O3S/c1-36-15-7-6-10(8-14(15)32-22(35)11-4-2-3-5-13(11)24(25,26)27)16-12(9-28)20(30)33-23-17(16)18(29)19(37-23)21(31)34/h2-8H,29H2,1H3,(H2,30,33)(H2,31,34)(H,32,35). The number of nitrogens with one attached hydrogen (secondary N) is 1. The topological polar surface area (TPSA) is 170 Å². The number of primary amides is 1. The van der Waals surface area contributed by atoms with Gasteiger partial charge < -0.3 is 27.3 Å². The maximum atomic E-state index is 13.4. The summed E-state index contributed by atoms with van der Waals surface area (Å²) in [5.74, 6) is -1.83. The van der Waals surface area contributed by atoms with E-state index in [2.05, 4.69) is 10.3 Å². The van der Waals surface area contributed by atoms with Gasteiger partial charge in [0.05, 0.1) is 29.6 Å². The van der Waals surface area contributed by atoms with Crippen LogP contribution < -0.4 is 27.3 Å². The molecule has 0 bridgehead atoms. The van der Waals surface area contributed by atoms with E-state index < -0.39 is 29.1 Å². The van der Waals surface area contributed by atoms with Gasteiger partial charge in [-0.05, 0) is 29.8 Å². The second-order valence-corrected chi connectivity index (χ2v) is 8.66. The van der Waals surface area contributed by atoms with Gasteiger partial charge in [-0.25, -0.2) is 4.98 Å². The Balaban J connectivity index is 1.91. The zero-order valence-corrected chi connectivity index (χ0v) is 19.8. The minimum atomic E-state index is -4.75. The Bertz CT molecular complexity index is 1620. The molecule has 0 aliphatic rings. The average molecular weight is 527 g/mol. The first-order chi connectivity index (χ1) is 17.5. The maximum absolute atomic E-state index is 13.4. The van der Waals surface area contributed by atoms with E-state index in [1.54, 1.807) is 0 Å². The number of anilines is 3. The fourth-order valence-electron chi connectivity index (χ4n) is 3.83. The summed E-state index contributed by atoms with van der Waals surface area (Å²) < 4.78 is 45.6. The number of fused-ring (bicyclic) bond motifs is 1. The number of hydrogen-bond donors (Lipinski definition) is 4. The fraction of sp³-hybridized carbons (Fsp3) is 0.0833. The number of rotatable bonds is 5. The highest BCUT2D eigenvalue weighted by atomic mass is 32.1. The number of carbonyl (C=O) groups excluding carboxylic acids is 2. The number of methoxy groups -OCH3 is 1. The van der Waals surface area contributed by atoms with Gasteiger partial charge in [0, 0.05) is 10.9 Å². The van der Waals surface area contributed by atoms with E-state index in [9.17, 15) is 28.0 Å². The van der Waals surface area contributed by atoms with Crippen molar-refractivity contribution in [2.75, 3.05) is 23.9 Å². The van der Waals surface area contributed by atoms with Gasteiger partial charge in [-0.1, -0.05) is 18.2 Å². The molecule has 9 nitrogen and oxygen atoms in total. The molecule has 2 heterocycles. The number of pyridine rings is 1. The lowest BCUT2D eigenvalue weighted by molar-refractivity contribution is -0.137. The van der Waals surface area contributed by atoms with Crippen molar-refractivity contribution >= 4 is 50.6 Å².